The first-order valence-electron chi connectivity index (χ1n) is 5.50. The summed E-state index contributed by atoms with van der Waals surface area (Å²) in [5.41, 5.74) is 0.342. The largest absolute Gasteiger partial charge is 0.386 e. The number of hydrogen-bond donors (Lipinski definition) is 2. The quantitative estimate of drug-likeness (QED) is 0.787. The van der Waals surface area contributed by atoms with Crippen molar-refractivity contribution in [3.63, 3.8) is 0 Å². The zero-order valence-electron chi connectivity index (χ0n) is 10.7. The number of hydrogen-bond acceptors (Lipinski definition) is 3. The van der Waals surface area contributed by atoms with Gasteiger partial charge in [-0.05, 0) is 12.5 Å². The highest BCUT2D eigenvalue weighted by Crippen LogP contribution is 2.16. The first-order chi connectivity index (χ1) is 9.18. The average Bonchev–Trinajstić information content (AvgIpc) is 2.31. The van der Waals surface area contributed by atoms with E-state index in [0.717, 1.165) is 11.1 Å². The maximum Gasteiger partial charge on any atom is 0.386 e. The number of nitrogens with zero attached hydrogens (tertiary/aromatic N) is 1. The second-order valence-corrected chi connectivity index (χ2v) is 3.95. The number of H-pyrrole nitrogens is 2. The molecule has 0 atom stereocenters. The third kappa shape index (κ3) is 5.09. The minimum Gasteiger partial charge on any atom is -0.300 e. The zero-order chi connectivity index (χ0) is 15.3. The predicted molar refractivity (Wildman–Crippen MR) is 67.4 cm³/mol. The molecular weight excluding hydrogens is 275 g/mol. The van der Waals surface area contributed by atoms with Gasteiger partial charge in [0.15, 0.2) is 5.82 Å². The lowest BCUT2D eigenvalue weighted by Crippen LogP contribution is -2.30. The molecule has 0 saturated heterocycles. The molecule has 2 N–H and O–H groups in total. The van der Waals surface area contributed by atoms with E-state index in [1.165, 1.54) is 0 Å². The van der Waals surface area contributed by atoms with Crippen molar-refractivity contribution >= 4 is 0 Å². The fourth-order valence-electron chi connectivity index (χ4n) is 1.32. The zero-order valence-corrected chi connectivity index (χ0v) is 10.7. The molecule has 0 amide bonds. The molecule has 0 saturated carbocycles. The number of rotatable bonds is 1. The van der Waals surface area contributed by atoms with Gasteiger partial charge in [0, 0.05) is 12.5 Å². The Kier molecular flexibility index (Phi) is 4.84. The summed E-state index contributed by atoms with van der Waals surface area (Å²) in [5, 5.41) is 5.92. The molecule has 2 rings (SSSR count). The molecule has 0 fully saturated rings. The van der Waals surface area contributed by atoms with Gasteiger partial charge in [0.1, 0.15) is 0 Å². The Morgan fingerprint density at radius 1 is 1.10 bits per heavy atom. The summed E-state index contributed by atoms with van der Waals surface area (Å²) in [7, 11) is 0. The second-order valence-electron chi connectivity index (χ2n) is 3.95. The molecule has 8 heteroatoms. The van der Waals surface area contributed by atoms with Gasteiger partial charge >= 0.3 is 17.3 Å². The van der Waals surface area contributed by atoms with Crippen molar-refractivity contribution in [2.45, 2.75) is 20.0 Å². The molecular formula is C12H12F3N3O2. The molecule has 20 heavy (non-hydrogen) atoms. The van der Waals surface area contributed by atoms with Crippen LogP contribution in [0.3, 0.4) is 0 Å². The van der Waals surface area contributed by atoms with Crippen molar-refractivity contribution in [3.8, 4) is 11.4 Å². The third-order valence-electron chi connectivity index (χ3n) is 2.11. The van der Waals surface area contributed by atoms with E-state index < -0.39 is 17.3 Å². The number of aromatic amines is 2. The summed E-state index contributed by atoms with van der Waals surface area (Å²) in [6.45, 7) is 2.09. The van der Waals surface area contributed by atoms with Gasteiger partial charge in [-0.1, -0.05) is 24.3 Å². The maximum absolute atomic E-state index is 11.1. The Labute approximate surface area is 111 Å². The molecule has 5 nitrogen and oxygen atoms in total. The van der Waals surface area contributed by atoms with Crippen LogP contribution in [0.4, 0.5) is 13.2 Å². The molecule has 1 heterocycles. The van der Waals surface area contributed by atoms with Gasteiger partial charge in [-0.2, -0.15) is 18.3 Å². The number of benzene rings is 1. The fraction of sp³-hybridized carbons (Fsp3) is 0.250. The molecule has 1 aromatic heterocycles. The minimum atomic E-state index is -4.00. The van der Waals surface area contributed by atoms with Crippen LogP contribution < -0.4 is 11.1 Å². The van der Waals surface area contributed by atoms with Gasteiger partial charge in [-0.3, -0.25) is 9.59 Å². The highest BCUT2D eigenvalue weighted by Gasteiger charge is 2.15. The molecule has 0 radical (unpaired) electrons. The Morgan fingerprint density at radius 3 is 2.15 bits per heavy atom. The SMILES string of the molecule is CC(F)(F)F.Cc1ccccc1-c1n[nH]c(=O)c(=O)[nH]1. The molecule has 0 aliphatic heterocycles. The Bertz CT molecular complexity index is 683. The van der Waals surface area contributed by atoms with Gasteiger partial charge in [0.2, 0.25) is 0 Å². The van der Waals surface area contributed by atoms with E-state index in [-0.39, 0.29) is 6.92 Å². The second kappa shape index (κ2) is 6.18. The first-order valence-corrected chi connectivity index (χ1v) is 5.50. The van der Waals surface area contributed by atoms with Crippen molar-refractivity contribution in [1.82, 2.24) is 15.2 Å². The molecule has 1 aromatic carbocycles. The number of aromatic nitrogens is 3. The van der Waals surface area contributed by atoms with E-state index in [1.807, 2.05) is 31.2 Å². The summed E-state index contributed by atoms with van der Waals surface area (Å²) in [6, 6.07) is 7.46. The highest BCUT2D eigenvalue weighted by atomic mass is 19.4. The van der Waals surface area contributed by atoms with Crippen LogP contribution in [0.5, 0.6) is 0 Å². The Balaban J connectivity index is 0.000000347. The van der Waals surface area contributed by atoms with Gasteiger partial charge in [0.25, 0.3) is 0 Å². The fourth-order valence-corrected chi connectivity index (χ4v) is 1.32. The van der Waals surface area contributed by atoms with Crippen LogP contribution in [0.1, 0.15) is 12.5 Å². The van der Waals surface area contributed by atoms with Crippen LogP contribution in [0, 0.1) is 6.92 Å². The lowest BCUT2D eigenvalue weighted by atomic mass is 10.1. The Morgan fingerprint density at radius 2 is 1.65 bits per heavy atom. The van der Waals surface area contributed by atoms with E-state index in [9.17, 15) is 22.8 Å². The molecule has 0 aliphatic carbocycles. The maximum atomic E-state index is 11.1. The summed E-state index contributed by atoms with van der Waals surface area (Å²) in [5.74, 6) is 0.373. The molecule has 108 valence electrons. The van der Waals surface area contributed by atoms with Crippen LogP contribution >= 0.6 is 0 Å². The van der Waals surface area contributed by atoms with Crippen molar-refractivity contribution in [2.75, 3.05) is 0 Å². The van der Waals surface area contributed by atoms with Crippen molar-refractivity contribution in [1.29, 1.82) is 0 Å². The highest BCUT2D eigenvalue weighted by molar-refractivity contribution is 5.58. The third-order valence-corrected chi connectivity index (χ3v) is 2.11. The molecule has 0 unspecified atom stereocenters. The molecule has 0 spiro atoms. The number of alkyl halides is 3. The summed E-state index contributed by atoms with van der Waals surface area (Å²) < 4.78 is 31.1. The summed E-state index contributed by atoms with van der Waals surface area (Å²) >= 11 is 0. The van der Waals surface area contributed by atoms with Gasteiger partial charge in [-0.15, -0.1) is 0 Å². The van der Waals surface area contributed by atoms with Crippen LogP contribution in [0.2, 0.25) is 0 Å². The summed E-state index contributed by atoms with van der Waals surface area (Å²) in [4.78, 5) is 24.3. The van der Waals surface area contributed by atoms with Gasteiger partial charge < -0.3 is 4.98 Å². The van der Waals surface area contributed by atoms with Crippen LogP contribution in [0.15, 0.2) is 33.9 Å². The normalized spacial score (nSPS) is 10.7. The van der Waals surface area contributed by atoms with Gasteiger partial charge in [0.05, 0.1) is 0 Å². The standard InChI is InChI=1S/C10H9N3O2.C2H3F3/c1-6-4-2-3-5-7(6)8-11-9(14)10(15)13-12-8;1-2(3,4)5/h2-5H,1H3,(H,13,15)(H,11,12,14);1H3. The van der Waals surface area contributed by atoms with E-state index in [4.69, 9.17) is 0 Å². The molecule has 0 bridgehead atoms. The molecule has 0 aliphatic rings. The minimum absolute atomic E-state index is 0.188. The van der Waals surface area contributed by atoms with Crippen LogP contribution in [0.25, 0.3) is 11.4 Å². The van der Waals surface area contributed by atoms with E-state index >= 15 is 0 Å². The number of halogens is 3. The van der Waals surface area contributed by atoms with Crippen molar-refractivity contribution < 1.29 is 13.2 Å². The summed E-state index contributed by atoms with van der Waals surface area (Å²) in [6.07, 6.45) is -4.00. The molecule has 2 aromatic rings. The van der Waals surface area contributed by atoms with Crippen molar-refractivity contribution in [2.24, 2.45) is 0 Å². The predicted octanol–water partition coefficient (Wildman–Crippen LogP) is 2.00. The number of aryl methyl sites for hydroxylation is 1. The lowest BCUT2D eigenvalue weighted by Gasteiger charge is -2.02. The van der Waals surface area contributed by atoms with Gasteiger partial charge in [-0.25, -0.2) is 5.10 Å². The van der Waals surface area contributed by atoms with E-state index in [0.29, 0.717) is 5.82 Å². The van der Waals surface area contributed by atoms with E-state index in [2.05, 4.69) is 15.2 Å². The topological polar surface area (TPSA) is 78.6 Å². The monoisotopic (exact) mass is 287 g/mol. The van der Waals surface area contributed by atoms with Crippen LogP contribution in [-0.4, -0.2) is 21.4 Å². The smallest absolute Gasteiger partial charge is 0.300 e. The van der Waals surface area contributed by atoms with Crippen LogP contribution in [-0.2, 0) is 0 Å². The Hall–Kier alpha value is -2.38. The lowest BCUT2D eigenvalue weighted by molar-refractivity contribution is -0.110. The van der Waals surface area contributed by atoms with Crippen molar-refractivity contribution in [3.05, 3.63) is 50.5 Å². The average molecular weight is 287 g/mol. The first kappa shape index (κ1) is 15.7. The number of nitrogens with one attached hydrogen (secondary N) is 2. The van der Waals surface area contributed by atoms with E-state index in [1.54, 1.807) is 0 Å².